The van der Waals surface area contributed by atoms with Crippen LogP contribution in [0.5, 0.6) is 0 Å². The van der Waals surface area contributed by atoms with Crippen molar-refractivity contribution >= 4 is 23.0 Å². The van der Waals surface area contributed by atoms with Crippen LogP contribution >= 0.6 is 0 Å². The molecule has 7 nitrogen and oxygen atoms in total. The van der Waals surface area contributed by atoms with Crippen LogP contribution in [0.4, 0.5) is 6.01 Å². The van der Waals surface area contributed by atoms with E-state index in [2.05, 4.69) is 25.4 Å². The van der Waals surface area contributed by atoms with Gasteiger partial charge in [0.1, 0.15) is 5.52 Å². The van der Waals surface area contributed by atoms with Crippen LogP contribution in [0, 0.1) is 0 Å². The lowest BCUT2D eigenvalue weighted by Gasteiger charge is -2.14. The molecule has 7 heteroatoms. The van der Waals surface area contributed by atoms with Gasteiger partial charge in [-0.3, -0.25) is 9.89 Å². The zero-order valence-corrected chi connectivity index (χ0v) is 14.2. The Labute approximate surface area is 145 Å². The number of nitrogens with one attached hydrogen (secondary N) is 2. The third-order valence-corrected chi connectivity index (χ3v) is 4.70. The number of hydrogen-bond donors (Lipinski definition) is 2. The molecule has 1 unspecified atom stereocenters. The smallest absolute Gasteiger partial charge is 0.298 e. The molecule has 1 atom stereocenters. The Kier molecular flexibility index (Phi) is 4.13. The van der Waals surface area contributed by atoms with E-state index in [0.29, 0.717) is 24.9 Å². The first-order valence-electron chi connectivity index (χ1n) is 8.64. The summed E-state index contributed by atoms with van der Waals surface area (Å²) in [5, 5.41) is 10.2. The average Bonchev–Trinajstić information content (AvgIpc) is 3.36. The molecule has 1 saturated heterocycles. The van der Waals surface area contributed by atoms with Crippen molar-refractivity contribution in [3.63, 3.8) is 0 Å². The summed E-state index contributed by atoms with van der Waals surface area (Å²) in [6, 6.07) is 8.47. The molecule has 0 radical (unpaired) electrons. The SMILES string of the molecule is CCC(=O)NCc1cn[nH]c1C1CCN(c2nc3ccccc3o2)C1. The lowest BCUT2D eigenvalue weighted by molar-refractivity contribution is -0.120. The Morgan fingerprint density at radius 1 is 1.44 bits per heavy atom. The summed E-state index contributed by atoms with van der Waals surface area (Å²) in [4.78, 5) is 18.2. The maximum atomic E-state index is 11.5. The number of rotatable bonds is 5. The topological polar surface area (TPSA) is 87.0 Å². The highest BCUT2D eigenvalue weighted by Crippen LogP contribution is 2.32. The van der Waals surface area contributed by atoms with Crippen molar-refractivity contribution < 1.29 is 9.21 Å². The van der Waals surface area contributed by atoms with Crippen LogP contribution in [-0.4, -0.2) is 34.2 Å². The van der Waals surface area contributed by atoms with Crippen molar-refractivity contribution in [1.29, 1.82) is 0 Å². The van der Waals surface area contributed by atoms with E-state index in [-0.39, 0.29) is 5.91 Å². The van der Waals surface area contributed by atoms with E-state index in [1.54, 1.807) is 6.20 Å². The summed E-state index contributed by atoms with van der Waals surface area (Å²) < 4.78 is 5.87. The van der Waals surface area contributed by atoms with Crippen LogP contribution in [0.2, 0.25) is 0 Å². The molecule has 3 heterocycles. The summed E-state index contributed by atoms with van der Waals surface area (Å²) in [5.74, 6) is 0.373. The average molecular weight is 339 g/mol. The number of carbonyl (C=O) groups excluding carboxylic acids is 1. The zero-order valence-electron chi connectivity index (χ0n) is 14.2. The normalized spacial score (nSPS) is 17.3. The highest BCUT2D eigenvalue weighted by Gasteiger charge is 2.29. The van der Waals surface area contributed by atoms with Crippen LogP contribution in [0.3, 0.4) is 0 Å². The summed E-state index contributed by atoms with van der Waals surface area (Å²) in [5.41, 5.74) is 3.83. The van der Waals surface area contributed by atoms with Crippen molar-refractivity contribution in [3.8, 4) is 0 Å². The molecule has 1 aromatic carbocycles. The molecular weight excluding hydrogens is 318 g/mol. The minimum absolute atomic E-state index is 0.0478. The van der Waals surface area contributed by atoms with E-state index in [1.165, 1.54) is 0 Å². The van der Waals surface area contributed by atoms with Gasteiger partial charge in [-0.05, 0) is 18.6 Å². The van der Waals surface area contributed by atoms with Crippen molar-refractivity contribution in [1.82, 2.24) is 20.5 Å². The van der Waals surface area contributed by atoms with Gasteiger partial charge in [-0.25, -0.2) is 0 Å². The second-order valence-electron chi connectivity index (χ2n) is 6.33. The monoisotopic (exact) mass is 339 g/mol. The van der Waals surface area contributed by atoms with E-state index < -0.39 is 0 Å². The maximum Gasteiger partial charge on any atom is 0.298 e. The summed E-state index contributed by atoms with van der Waals surface area (Å²) in [7, 11) is 0. The van der Waals surface area contributed by atoms with Crippen molar-refractivity contribution in [3.05, 3.63) is 41.7 Å². The molecule has 1 aliphatic rings. The molecule has 130 valence electrons. The van der Waals surface area contributed by atoms with Gasteiger partial charge in [0.05, 0.1) is 6.20 Å². The third-order valence-electron chi connectivity index (χ3n) is 4.70. The molecular formula is C18H21N5O2. The van der Waals surface area contributed by atoms with E-state index in [9.17, 15) is 4.79 Å². The number of hydrogen-bond acceptors (Lipinski definition) is 5. The van der Waals surface area contributed by atoms with Crippen molar-refractivity contribution in [2.75, 3.05) is 18.0 Å². The predicted molar refractivity (Wildman–Crippen MR) is 94.3 cm³/mol. The van der Waals surface area contributed by atoms with Crippen LogP contribution in [-0.2, 0) is 11.3 Å². The Bertz CT molecular complexity index is 851. The third kappa shape index (κ3) is 3.09. The minimum Gasteiger partial charge on any atom is -0.423 e. The van der Waals surface area contributed by atoms with E-state index in [0.717, 1.165) is 41.9 Å². The molecule has 0 spiro atoms. The fourth-order valence-electron chi connectivity index (χ4n) is 3.30. The van der Waals surface area contributed by atoms with Gasteiger partial charge in [-0.1, -0.05) is 19.1 Å². The summed E-state index contributed by atoms with van der Waals surface area (Å²) >= 11 is 0. The van der Waals surface area contributed by atoms with Crippen LogP contribution < -0.4 is 10.2 Å². The molecule has 2 aromatic heterocycles. The molecule has 25 heavy (non-hydrogen) atoms. The molecule has 4 rings (SSSR count). The standard InChI is InChI=1S/C18H21N5O2/c1-2-16(24)19-9-13-10-20-22-17(13)12-7-8-23(11-12)18-21-14-5-3-4-6-15(14)25-18/h3-6,10,12H,2,7-9,11H2,1H3,(H,19,24)(H,20,22). The number of aromatic nitrogens is 3. The number of nitrogens with zero attached hydrogens (tertiary/aromatic N) is 3. The number of benzene rings is 1. The van der Waals surface area contributed by atoms with Crippen LogP contribution in [0.1, 0.15) is 36.9 Å². The first-order valence-corrected chi connectivity index (χ1v) is 8.64. The number of aromatic amines is 1. The maximum absolute atomic E-state index is 11.5. The zero-order chi connectivity index (χ0) is 17.2. The molecule has 0 saturated carbocycles. The summed E-state index contributed by atoms with van der Waals surface area (Å²) in [6.07, 6.45) is 3.28. The Morgan fingerprint density at radius 2 is 2.32 bits per heavy atom. The number of H-pyrrole nitrogens is 1. The molecule has 1 fully saturated rings. The second kappa shape index (κ2) is 6.58. The van der Waals surface area contributed by atoms with Crippen LogP contribution in [0.25, 0.3) is 11.1 Å². The molecule has 0 aliphatic carbocycles. The van der Waals surface area contributed by atoms with E-state index in [4.69, 9.17) is 4.42 Å². The Hall–Kier alpha value is -2.83. The Morgan fingerprint density at radius 3 is 3.16 bits per heavy atom. The molecule has 1 aliphatic heterocycles. The van der Waals surface area contributed by atoms with Gasteiger partial charge in [-0.15, -0.1) is 0 Å². The minimum atomic E-state index is 0.0478. The molecule has 0 bridgehead atoms. The fraction of sp³-hybridized carbons (Fsp3) is 0.389. The van der Waals surface area contributed by atoms with E-state index >= 15 is 0 Å². The van der Waals surface area contributed by atoms with Gasteiger partial charge in [0.25, 0.3) is 6.01 Å². The summed E-state index contributed by atoms with van der Waals surface area (Å²) in [6.45, 7) is 4.07. The lowest BCUT2D eigenvalue weighted by atomic mass is 10.0. The molecule has 3 aromatic rings. The van der Waals surface area contributed by atoms with Gasteiger partial charge in [0, 0.05) is 43.2 Å². The molecule has 2 N–H and O–H groups in total. The number of amides is 1. The number of anilines is 1. The predicted octanol–water partition coefficient (Wildman–Crippen LogP) is 2.57. The Balaban J connectivity index is 1.47. The van der Waals surface area contributed by atoms with Gasteiger partial charge in [0.15, 0.2) is 5.58 Å². The number of oxazole rings is 1. The van der Waals surface area contributed by atoms with Crippen LogP contribution in [0.15, 0.2) is 34.9 Å². The lowest BCUT2D eigenvalue weighted by Crippen LogP contribution is -2.23. The van der Waals surface area contributed by atoms with Gasteiger partial charge in [0.2, 0.25) is 5.91 Å². The van der Waals surface area contributed by atoms with Crippen molar-refractivity contribution in [2.45, 2.75) is 32.2 Å². The first kappa shape index (κ1) is 15.7. The quantitative estimate of drug-likeness (QED) is 0.746. The second-order valence-corrected chi connectivity index (χ2v) is 6.33. The number of carbonyl (C=O) groups is 1. The largest absolute Gasteiger partial charge is 0.423 e. The van der Waals surface area contributed by atoms with Crippen molar-refractivity contribution in [2.24, 2.45) is 0 Å². The number of fused-ring (bicyclic) bond motifs is 1. The number of para-hydroxylation sites is 2. The first-order chi connectivity index (χ1) is 12.2. The van der Waals surface area contributed by atoms with Gasteiger partial charge in [-0.2, -0.15) is 10.1 Å². The van der Waals surface area contributed by atoms with E-state index in [1.807, 2.05) is 31.2 Å². The highest BCUT2D eigenvalue weighted by atomic mass is 16.4. The van der Waals surface area contributed by atoms with Gasteiger partial charge < -0.3 is 14.6 Å². The highest BCUT2D eigenvalue weighted by molar-refractivity contribution is 5.75. The molecule has 1 amide bonds. The fourth-order valence-corrected chi connectivity index (χ4v) is 3.30. The van der Waals surface area contributed by atoms with Gasteiger partial charge >= 0.3 is 0 Å².